The molecule has 78 valence electrons. The van der Waals surface area contributed by atoms with Crippen LogP contribution in [0, 0.1) is 0 Å². The monoisotopic (exact) mass is 217 g/mol. The minimum atomic E-state index is -5.01. The van der Waals surface area contributed by atoms with Gasteiger partial charge in [-0.05, 0) is 0 Å². The summed E-state index contributed by atoms with van der Waals surface area (Å²) in [5.74, 6) is -3.72. The molecule has 0 spiro atoms. The molecule has 0 aromatic carbocycles. The lowest BCUT2D eigenvalue weighted by Gasteiger charge is -2.07. The van der Waals surface area contributed by atoms with Crippen LogP contribution >= 0.6 is 0 Å². The van der Waals surface area contributed by atoms with E-state index in [0.717, 1.165) is 0 Å². The third-order valence-electron chi connectivity index (χ3n) is 1.08. The third-order valence-corrected chi connectivity index (χ3v) is 1.08. The van der Waals surface area contributed by atoms with Crippen LogP contribution in [-0.4, -0.2) is 15.0 Å². The van der Waals surface area contributed by atoms with Crippen molar-refractivity contribution in [2.45, 2.75) is 12.4 Å². The lowest BCUT2D eigenvalue weighted by molar-refractivity contribution is -0.155. The normalized spacial score (nSPS) is 13.0. The molecule has 1 heterocycles. The van der Waals surface area contributed by atoms with E-state index in [9.17, 15) is 26.3 Å². The molecular weight excluding hydrogens is 216 g/mol. The first kappa shape index (κ1) is 10.7. The number of halogens is 6. The zero-order valence-electron chi connectivity index (χ0n) is 6.19. The molecule has 3 nitrogen and oxygen atoms in total. The van der Waals surface area contributed by atoms with Crippen LogP contribution in [0.2, 0.25) is 0 Å². The summed E-state index contributed by atoms with van der Waals surface area (Å²) in [7, 11) is 0. The van der Waals surface area contributed by atoms with Gasteiger partial charge >= 0.3 is 12.4 Å². The molecule has 0 saturated carbocycles. The van der Waals surface area contributed by atoms with Gasteiger partial charge in [0.2, 0.25) is 11.6 Å². The molecule has 0 fully saturated rings. The lowest BCUT2D eigenvalue weighted by atomic mass is 10.5. The topological polar surface area (TPSA) is 38.7 Å². The van der Waals surface area contributed by atoms with Gasteiger partial charge in [-0.3, -0.25) is 0 Å². The van der Waals surface area contributed by atoms with E-state index in [1.807, 2.05) is 0 Å². The summed E-state index contributed by atoms with van der Waals surface area (Å²) in [6.07, 6.45) is -9.86. The van der Waals surface area contributed by atoms with Crippen LogP contribution in [0.1, 0.15) is 11.6 Å². The van der Waals surface area contributed by atoms with Crippen LogP contribution in [0.25, 0.3) is 0 Å². The highest BCUT2D eigenvalue weighted by Crippen LogP contribution is 2.29. The Morgan fingerprint density at radius 1 is 0.786 bits per heavy atom. The predicted octanol–water partition coefficient (Wildman–Crippen LogP) is 1.91. The maximum absolute atomic E-state index is 11.8. The van der Waals surface area contributed by atoms with Crippen LogP contribution < -0.4 is 0 Å². The van der Waals surface area contributed by atoms with E-state index in [-0.39, 0.29) is 6.33 Å². The molecule has 1 rings (SSSR count). The van der Waals surface area contributed by atoms with E-state index >= 15 is 0 Å². The summed E-state index contributed by atoms with van der Waals surface area (Å²) in [4.78, 5) is 7.40. The number of rotatable bonds is 0. The van der Waals surface area contributed by atoms with Crippen molar-refractivity contribution >= 4 is 0 Å². The molecule has 0 radical (unpaired) electrons. The summed E-state index contributed by atoms with van der Waals surface area (Å²) < 4.78 is 71.0. The van der Waals surface area contributed by atoms with Gasteiger partial charge in [-0.1, -0.05) is 0 Å². The predicted molar refractivity (Wildman–Crippen MR) is 29.8 cm³/mol. The molecule has 14 heavy (non-hydrogen) atoms. The van der Waals surface area contributed by atoms with Gasteiger partial charge in [0.05, 0.1) is 0 Å². The van der Waals surface area contributed by atoms with E-state index < -0.39 is 24.0 Å². The Balaban J connectivity index is 3.15. The summed E-state index contributed by atoms with van der Waals surface area (Å²) in [5.41, 5.74) is 0. The minimum Gasteiger partial charge on any atom is -0.213 e. The standard InChI is InChI=1S/C5HF6N3/c6-4(7,8)2-12-1-13-3(14-2)5(9,10)11/h1H. The van der Waals surface area contributed by atoms with E-state index in [1.165, 1.54) is 0 Å². The first-order valence-corrected chi connectivity index (χ1v) is 3.04. The maximum Gasteiger partial charge on any atom is 0.451 e. The first-order valence-electron chi connectivity index (χ1n) is 3.04. The van der Waals surface area contributed by atoms with Crippen molar-refractivity contribution in [2.24, 2.45) is 0 Å². The molecule has 0 aliphatic carbocycles. The van der Waals surface area contributed by atoms with E-state index in [2.05, 4.69) is 15.0 Å². The van der Waals surface area contributed by atoms with Gasteiger partial charge in [-0.25, -0.2) is 15.0 Å². The second-order valence-corrected chi connectivity index (χ2v) is 2.13. The van der Waals surface area contributed by atoms with Crippen LogP contribution in [0.5, 0.6) is 0 Å². The van der Waals surface area contributed by atoms with Gasteiger partial charge in [-0.2, -0.15) is 26.3 Å². The van der Waals surface area contributed by atoms with Crippen molar-refractivity contribution in [2.75, 3.05) is 0 Å². The molecule has 0 unspecified atom stereocenters. The average molecular weight is 217 g/mol. The SMILES string of the molecule is FC(F)(F)c1ncnc(C(F)(F)F)n1. The first-order chi connectivity index (χ1) is 6.21. The number of aromatic nitrogens is 3. The number of hydrogen-bond acceptors (Lipinski definition) is 3. The van der Waals surface area contributed by atoms with Crippen LogP contribution in [0.3, 0.4) is 0 Å². The largest absolute Gasteiger partial charge is 0.451 e. The third kappa shape index (κ3) is 2.30. The molecule has 0 saturated heterocycles. The highest BCUT2D eigenvalue weighted by atomic mass is 19.4. The van der Waals surface area contributed by atoms with Crippen molar-refractivity contribution in [1.29, 1.82) is 0 Å². The highest BCUT2D eigenvalue weighted by Gasteiger charge is 2.40. The molecule has 0 bridgehead atoms. The van der Waals surface area contributed by atoms with Gasteiger partial charge in [0.15, 0.2) is 0 Å². The van der Waals surface area contributed by atoms with Crippen molar-refractivity contribution in [3.05, 3.63) is 18.0 Å². The smallest absolute Gasteiger partial charge is 0.213 e. The van der Waals surface area contributed by atoms with Crippen molar-refractivity contribution in [3.8, 4) is 0 Å². The van der Waals surface area contributed by atoms with Gasteiger partial charge in [0.1, 0.15) is 6.33 Å². The molecule has 0 aliphatic rings. The molecule has 0 atom stereocenters. The van der Waals surface area contributed by atoms with Crippen LogP contribution in [0.15, 0.2) is 6.33 Å². The number of nitrogens with zero attached hydrogens (tertiary/aromatic N) is 3. The highest BCUT2D eigenvalue weighted by molar-refractivity contribution is 4.97. The Labute approximate surface area is 72.8 Å². The van der Waals surface area contributed by atoms with Crippen molar-refractivity contribution < 1.29 is 26.3 Å². The Kier molecular flexibility index (Phi) is 2.34. The Hall–Kier alpha value is -1.41. The molecule has 1 aromatic heterocycles. The Morgan fingerprint density at radius 3 is 1.43 bits per heavy atom. The molecule has 0 aliphatic heterocycles. The molecule has 0 N–H and O–H groups in total. The molecule has 0 amide bonds. The summed E-state index contributed by atoms with van der Waals surface area (Å²) in [6.45, 7) is 0. The van der Waals surface area contributed by atoms with Gasteiger partial charge < -0.3 is 0 Å². The molecule has 9 heteroatoms. The second-order valence-electron chi connectivity index (χ2n) is 2.13. The van der Waals surface area contributed by atoms with Gasteiger partial charge in [0.25, 0.3) is 0 Å². The lowest BCUT2D eigenvalue weighted by Crippen LogP contribution is -2.18. The van der Waals surface area contributed by atoms with Crippen molar-refractivity contribution in [3.63, 3.8) is 0 Å². The fourth-order valence-corrected chi connectivity index (χ4v) is 0.569. The van der Waals surface area contributed by atoms with Crippen molar-refractivity contribution in [1.82, 2.24) is 15.0 Å². The molecule has 1 aromatic rings. The zero-order chi connectivity index (χ0) is 11.0. The Bertz CT molecular complexity index is 300. The van der Waals surface area contributed by atoms with Gasteiger partial charge in [0, 0.05) is 0 Å². The average Bonchev–Trinajstić information content (AvgIpc) is 2.01. The summed E-state index contributed by atoms with van der Waals surface area (Å²) in [6, 6.07) is 0. The zero-order valence-corrected chi connectivity index (χ0v) is 6.19. The van der Waals surface area contributed by atoms with Crippen LogP contribution in [-0.2, 0) is 12.4 Å². The van der Waals surface area contributed by atoms with E-state index in [1.54, 1.807) is 0 Å². The Morgan fingerprint density at radius 2 is 1.14 bits per heavy atom. The summed E-state index contributed by atoms with van der Waals surface area (Å²) in [5, 5.41) is 0. The summed E-state index contributed by atoms with van der Waals surface area (Å²) >= 11 is 0. The van der Waals surface area contributed by atoms with E-state index in [4.69, 9.17) is 0 Å². The van der Waals surface area contributed by atoms with Crippen LogP contribution in [0.4, 0.5) is 26.3 Å². The second kappa shape index (κ2) is 3.07. The van der Waals surface area contributed by atoms with Gasteiger partial charge in [-0.15, -0.1) is 0 Å². The minimum absolute atomic E-state index is 0.165. The fraction of sp³-hybridized carbons (Fsp3) is 0.400. The molecular formula is C5HF6N3. The number of alkyl halides is 6. The van der Waals surface area contributed by atoms with E-state index in [0.29, 0.717) is 0 Å². The number of hydrogen-bond donors (Lipinski definition) is 0. The fourth-order valence-electron chi connectivity index (χ4n) is 0.569. The maximum atomic E-state index is 11.8. The quantitative estimate of drug-likeness (QED) is 0.623.